The van der Waals surface area contributed by atoms with E-state index in [-0.39, 0.29) is 5.82 Å². The third-order valence-corrected chi connectivity index (χ3v) is 4.62. The third kappa shape index (κ3) is 3.36. The highest BCUT2D eigenvalue weighted by atomic mass is 19.1. The normalized spacial score (nSPS) is 11.6. The average Bonchev–Trinajstić information content (AvgIpc) is 3.01. The van der Waals surface area contributed by atoms with Gasteiger partial charge in [-0.1, -0.05) is 12.1 Å². The van der Waals surface area contributed by atoms with E-state index in [4.69, 9.17) is 4.98 Å². The Labute approximate surface area is 157 Å². The molecular formula is C22H19FN4. The van der Waals surface area contributed by atoms with Crippen molar-refractivity contribution in [1.82, 2.24) is 9.38 Å². The maximum absolute atomic E-state index is 13.1. The lowest BCUT2D eigenvalue weighted by molar-refractivity contribution is 0.628. The van der Waals surface area contributed by atoms with Crippen molar-refractivity contribution in [3.8, 4) is 11.3 Å². The zero-order valence-corrected chi connectivity index (χ0v) is 15.4. The van der Waals surface area contributed by atoms with E-state index in [0.29, 0.717) is 11.5 Å². The number of hydrogen-bond donors (Lipinski definition) is 0. The van der Waals surface area contributed by atoms with Gasteiger partial charge in [0.15, 0.2) is 5.82 Å². The van der Waals surface area contributed by atoms with Gasteiger partial charge in [0.25, 0.3) is 0 Å². The van der Waals surface area contributed by atoms with E-state index in [9.17, 15) is 4.39 Å². The Morgan fingerprint density at radius 3 is 2.37 bits per heavy atom. The fourth-order valence-electron chi connectivity index (χ4n) is 2.92. The van der Waals surface area contributed by atoms with Crippen molar-refractivity contribution in [2.45, 2.75) is 20.8 Å². The number of aryl methyl sites for hydroxylation is 3. The Hall–Kier alpha value is -3.34. The number of aromatic nitrogens is 2. The van der Waals surface area contributed by atoms with Gasteiger partial charge in [0.2, 0.25) is 0 Å². The number of halogens is 1. The van der Waals surface area contributed by atoms with E-state index in [2.05, 4.69) is 36.2 Å². The molecule has 0 saturated heterocycles. The van der Waals surface area contributed by atoms with Gasteiger partial charge in [0.05, 0.1) is 5.69 Å². The van der Waals surface area contributed by atoms with Crippen molar-refractivity contribution in [3.05, 3.63) is 83.3 Å². The average molecular weight is 358 g/mol. The molecule has 0 radical (unpaired) electrons. The molecular weight excluding hydrogens is 339 g/mol. The van der Waals surface area contributed by atoms with Crippen molar-refractivity contribution < 1.29 is 4.39 Å². The van der Waals surface area contributed by atoms with Gasteiger partial charge in [0.1, 0.15) is 17.2 Å². The largest absolute Gasteiger partial charge is 0.283 e. The van der Waals surface area contributed by atoms with E-state index in [0.717, 1.165) is 22.5 Å². The predicted octanol–water partition coefficient (Wildman–Crippen LogP) is 6.48. The molecule has 0 N–H and O–H groups in total. The minimum Gasteiger partial charge on any atom is -0.283 e. The second-order valence-corrected chi connectivity index (χ2v) is 6.69. The van der Waals surface area contributed by atoms with E-state index >= 15 is 0 Å². The summed E-state index contributed by atoms with van der Waals surface area (Å²) >= 11 is 0. The van der Waals surface area contributed by atoms with Crippen molar-refractivity contribution in [2.75, 3.05) is 0 Å². The molecule has 2 aromatic heterocycles. The van der Waals surface area contributed by atoms with Crippen molar-refractivity contribution in [3.63, 3.8) is 0 Å². The van der Waals surface area contributed by atoms with Crippen LogP contribution < -0.4 is 0 Å². The fraction of sp³-hybridized carbons (Fsp3) is 0.136. The first kappa shape index (κ1) is 17.1. The number of benzene rings is 2. The van der Waals surface area contributed by atoms with Crippen LogP contribution in [-0.2, 0) is 0 Å². The first-order chi connectivity index (χ1) is 13.0. The number of pyridine rings is 1. The van der Waals surface area contributed by atoms with Gasteiger partial charge in [-0.05, 0) is 79.9 Å². The number of rotatable bonds is 3. The Morgan fingerprint density at radius 2 is 1.63 bits per heavy atom. The van der Waals surface area contributed by atoms with Crippen LogP contribution in [0.5, 0.6) is 0 Å². The van der Waals surface area contributed by atoms with E-state index in [1.54, 1.807) is 12.1 Å². The molecule has 134 valence electrons. The highest BCUT2D eigenvalue weighted by molar-refractivity contribution is 5.75. The third-order valence-electron chi connectivity index (χ3n) is 4.62. The van der Waals surface area contributed by atoms with Crippen LogP contribution in [0.25, 0.3) is 16.9 Å². The molecule has 2 aromatic carbocycles. The number of azo groups is 1. The lowest BCUT2D eigenvalue weighted by Gasteiger charge is -2.04. The van der Waals surface area contributed by atoms with Crippen molar-refractivity contribution >= 4 is 17.2 Å². The molecule has 0 amide bonds. The number of nitrogens with zero attached hydrogens (tertiary/aromatic N) is 4. The lowest BCUT2D eigenvalue weighted by atomic mass is 10.0. The van der Waals surface area contributed by atoms with Crippen molar-refractivity contribution in [2.24, 2.45) is 10.2 Å². The summed E-state index contributed by atoms with van der Waals surface area (Å²) in [6.45, 7) is 6.20. The Morgan fingerprint density at radius 1 is 0.852 bits per heavy atom. The monoisotopic (exact) mass is 358 g/mol. The van der Waals surface area contributed by atoms with Crippen LogP contribution >= 0.6 is 0 Å². The van der Waals surface area contributed by atoms with E-state index in [1.165, 1.54) is 23.3 Å². The van der Waals surface area contributed by atoms with Gasteiger partial charge >= 0.3 is 0 Å². The molecule has 0 aliphatic heterocycles. The zero-order valence-electron chi connectivity index (χ0n) is 15.4. The number of imidazole rings is 1. The van der Waals surface area contributed by atoms with Crippen LogP contribution in [0.2, 0.25) is 0 Å². The van der Waals surface area contributed by atoms with Gasteiger partial charge in [-0.25, -0.2) is 9.37 Å². The van der Waals surface area contributed by atoms with Crippen LogP contribution in [-0.4, -0.2) is 9.38 Å². The highest BCUT2D eigenvalue weighted by Gasteiger charge is 2.15. The Kier molecular flexibility index (Phi) is 4.28. The summed E-state index contributed by atoms with van der Waals surface area (Å²) in [7, 11) is 0. The summed E-state index contributed by atoms with van der Waals surface area (Å²) in [5.74, 6) is 0.354. The topological polar surface area (TPSA) is 42.0 Å². The standard InChI is InChI=1S/C22H19FN4/c1-14-10-11-27-20(12-14)24-21(17-5-4-15(2)16(3)13-17)22(27)26-25-19-8-6-18(23)7-9-19/h4-13H,1-3H3. The summed E-state index contributed by atoms with van der Waals surface area (Å²) in [6.07, 6.45) is 1.95. The quantitative estimate of drug-likeness (QED) is 0.386. The van der Waals surface area contributed by atoms with Crippen molar-refractivity contribution in [1.29, 1.82) is 0 Å². The van der Waals surface area contributed by atoms with Crippen LogP contribution in [0.15, 0.2) is 71.0 Å². The van der Waals surface area contributed by atoms with Gasteiger partial charge in [0, 0.05) is 11.8 Å². The van der Waals surface area contributed by atoms with Gasteiger partial charge < -0.3 is 0 Å². The zero-order chi connectivity index (χ0) is 19.0. The Bertz CT molecular complexity index is 1160. The lowest BCUT2D eigenvalue weighted by Crippen LogP contribution is -1.85. The molecule has 4 rings (SSSR count). The van der Waals surface area contributed by atoms with Gasteiger partial charge in [-0.15, -0.1) is 10.2 Å². The molecule has 0 bridgehead atoms. The smallest absolute Gasteiger partial charge is 0.187 e. The molecule has 5 heteroatoms. The second-order valence-electron chi connectivity index (χ2n) is 6.69. The van der Waals surface area contributed by atoms with Crippen LogP contribution in [0, 0.1) is 26.6 Å². The molecule has 4 nitrogen and oxygen atoms in total. The summed E-state index contributed by atoms with van der Waals surface area (Å²) in [4.78, 5) is 4.79. The molecule has 4 aromatic rings. The molecule has 0 aliphatic rings. The molecule has 0 atom stereocenters. The first-order valence-corrected chi connectivity index (χ1v) is 8.75. The predicted molar refractivity (Wildman–Crippen MR) is 105 cm³/mol. The van der Waals surface area contributed by atoms with Crippen LogP contribution in [0.4, 0.5) is 15.9 Å². The van der Waals surface area contributed by atoms with E-state index < -0.39 is 0 Å². The van der Waals surface area contributed by atoms with Gasteiger partial charge in [-0.2, -0.15) is 0 Å². The summed E-state index contributed by atoms with van der Waals surface area (Å²) in [5.41, 5.74) is 6.72. The first-order valence-electron chi connectivity index (χ1n) is 8.75. The number of hydrogen-bond acceptors (Lipinski definition) is 3. The molecule has 0 unspecified atom stereocenters. The minimum atomic E-state index is -0.296. The molecule has 27 heavy (non-hydrogen) atoms. The molecule has 0 aliphatic carbocycles. The van der Waals surface area contributed by atoms with E-state index in [1.807, 2.05) is 35.7 Å². The summed E-state index contributed by atoms with van der Waals surface area (Å²) in [6, 6.07) is 16.2. The van der Waals surface area contributed by atoms with Crippen LogP contribution in [0.3, 0.4) is 0 Å². The number of fused-ring (bicyclic) bond motifs is 1. The molecule has 2 heterocycles. The molecule has 0 fully saturated rings. The second kappa shape index (κ2) is 6.76. The molecule has 0 saturated carbocycles. The summed E-state index contributed by atoms with van der Waals surface area (Å²) < 4.78 is 15.0. The van der Waals surface area contributed by atoms with Crippen LogP contribution in [0.1, 0.15) is 16.7 Å². The maximum Gasteiger partial charge on any atom is 0.187 e. The minimum absolute atomic E-state index is 0.296. The fourth-order valence-corrected chi connectivity index (χ4v) is 2.92. The molecule has 0 spiro atoms. The maximum atomic E-state index is 13.1. The highest BCUT2D eigenvalue weighted by Crippen LogP contribution is 2.33. The Balaban J connectivity index is 1.88. The summed E-state index contributed by atoms with van der Waals surface area (Å²) in [5, 5.41) is 8.74. The van der Waals surface area contributed by atoms with Gasteiger partial charge in [-0.3, -0.25) is 4.40 Å². The SMILES string of the molecule is Cc1ccn2c(N=Nc3ccc(F)cc3)c(-c3ccc(C)c(C)c3)nc2c1.